The highest BCUT2D eigenvalue weighted by Gasteiger charge is 2.16. The van der Waals surface area contributed by atoms with Gasteiger partial charge in [-0.05, 0) is 62.4 Å². The zero-order valence-corrected chi connectivity index (χ0v) is 10.3. The van der Waals surface area contributed by atoms with Gasteiger partial charge in [0.25, 0.3) is 0 Å². The number of hydrogen-bond acceptors (Lipinski definition) is 1. The monoisotopic (exact) mass is 241 g/mol. The van der Waals surface area contributed by atoms with Gasteiger partial charge in [-0.3, -0.25) is 0 Å². The second-order valence-electron chi connectivity index (χ2n) is 4.54. The van der Waals surface area contributed by atoms with Crippen molar-refractivity contribution in [1.82, 2.24) is 5.32 Å². The summed E-state index contributed by atoms with van der Waals surface area (Å²) in [6, 6.07) is 3.35. The number of benzene rings is 1. The minimum Gasteiger partial charge on any atom is -0.317 e. The summed E-state index contributed by atoms with van der Waals surface area (Å²) in [5.41, 5.74) is 2.10. The van der Waals surface area contributed by atoms with E-state index in [4.69, 9.17) is 11.6 Å². The lowest BCUT2D eigenvalue weighted by Gasteiger charge is -2.23. The van der Waals surface area contributed by atoms with Crippen molar-refractivity contribution in [3.63, 3.8) is 0 Å². The molecule has 1 fully saturated rings. The fraction of sp³-hybridized carbons (Fsp3) is 0.538. The molecule has 0 bridgehead atoms. The Hall–Kier alpha value is -0.600. The van der Waals surface area contributed by atoms with E-state index in [1.807, 2.05) is 13.0 Å². The minimum absolute atomic E-state index is 0.284. The summed E-state index contributed by atoms with van der Waals surface area (Å²) < 4.78 is 13.2. The number of hydrogen-bond donors (Lipinski definition) is 1. The Labute approximate surface area is 101 Å². The third kappa shape index (κ3) is 2.55. The molecule has 1 aromatic carbocycles. The van der Waals surface area contributed by atoms with E-state index >= 15 is 0 Å². The molecule has 16 heavy (non-hydrogen) atoms. The van der Waals surface area contributed by atoms with Crippen LogP contribution in [0.1, 0.15) is 24.0 Å². The van der Waals surface area contributed by atoms with E-state index in [9.17, 15) is 4.39 Å². The van der Waals surface area contributed by atoms with E-state index in [1.54, 1.807) is 0 Å². The molecule has 2 rings (SSSR count). The summed E-state index contributed by atoms with van der Waals surface area (Å²) in [6.45, 7) is 4.10. The first kappa shape index (κ1) is 11.9. The van der Waals surface area contributed by atoms with Crippen molar-refractivity contribution in [2.75, 3.05) is 13.1 Å². The SMILES string of the molecule is Cc1c(CC2CCNCC2)ccc(F)c1Cl. The summed E-state index contributed by atoms with van der Waals surface area (Å²) >= 11 is 5.91. The molecule has 1 N–H and O–H groups in total. The largest absolute Gasteiger partial charge is 0.317 e. The van der Waals surface area contributed by atoms with E-state index in [0.29, 0.717) is 5.92 Å². The van der Waals surface area contributed by atoms with Gasteiger partial charge < -0.3 is 5.32 Å². The van der Waals surface area contributed by atoms with Gasteiger partial charge >= 0.3 is 0 Å². The molecule has 1 aliphatic heterocycles. The number of rotatable bonds is 2. The van der Waals surface area contributed by atoms with Gasteiger partial charge in [-0.1, -0.05) is 17.7 Å². The Bertz CT molecular complexity index is 372. The highest BCUT2D eigenvalue weighted by atomic mass is 35.5. The van der Waals surface area contributed by atoms with Crippen molar-refractivity contribution in [3.8, 4) is 0 Å². The fourth-order valence-electron chi connectivity index (χ4n) is 2.31. The fourth-order valence-corrected chi connectivity index (χ4v) is 2.49. The summed E-state index contributed by atoms with van der Waals surface area (Å²) in [5, 5.41) is 3.63. The zero-order chi connectivity index (χ0) is 11.5. The maximum atomic E-state index is 13.2. The molecule has 1 saturated heterocycles. The van der Waals surface area contributed by atoms with Gasteiger partial charge in [-0.25, -0.2) is 4.39 Å². The summed E-state index contributed by atoms with van der Waals surface area (Å²) in [7, 11) is 0. The summed E-state index contributed by atoms with van der Waals surface area (Å²) in [6.07, 6.45) is 3.43. The van der Waals surface area contributed by atoms with E-state index in [1.165, 1.54) is 24.5 Å². The Morgan fingerprint density at radius 1 is 1.38 bits per heavy atom. The van der Waals surface area contributed by atoms with Crippen molar-refractivity contribution < 1.29 is 4.39 Å². The normalized spacial score (nSPS) is 17.7. The molecule has 0 saturated carbocycles. The van der Waals surface area contributed by atoms with E-state index < -0.39 is 0 Å². The van der Waals surface area contributed by atoms with E-state index in [0.717, 1.165) is 25.1 Å². The van der Waals surface area contributed by atoms with Crippen LogP contribution in [-0.2, 0) is 6.42 Å². The molecule has 0 spiro atoms. The predicted octanol–water partition coefficient (Wildman–Crippen LogP) is 3.33. The van der Waals surface area contributed by atoms with Crippen LogP contribution in [-0.4, -0.2) is 13.1 Å². The van der Waals surface area contributed by atoms with Gasteiger partial charge in [0.2, 0.25) is 0 Å². The predicted molar refractivity (Wildman–Crippen MR) is 65.4 cm³/mol. The lowest BCUT2D eigenvalue weighted by atomic mass is 9.89. The van der Waals surface area contributed by atoms with Crippen LogP contribution in [0.5, 0.6) is 0 Å². The standard InChI is InChI=1S/C13H17ClFN/c1-9-11(2-3-12(15)13(9)14)8-10-4-6-16-7-5-10/h2-3,10,16H,4-8H2,1H3. The molecule has 1 nitrogen and oxygen atoms in total. The molecule has 1 aromatic rings. The first-order chi connectivity index (χ1) is 7.68. The van der Waals surface area contributed by atoms with Crippen LogP contribution >= 0.6 is 11.6 Å². The van der Waals surface area contributed by atoms with Crippen molar-refractivity contribution in [2.45, 2.75) is 26.2 Å². The van der Waals surface area contributed by atoms with Gasteiger partial charge in [-0.15, -0.1) is 0 Å². The molecule has 0 radical (unpaired) electrons. The molecule has 0 atom stereocenters. The Morgan fingerprint density at radius 2 is 2.06 bits per heavy atom. The highest BCUT2D eigenvalue weighted by Crippen LogP contribution is 2.26. The molecule has 88 valence electrons. The average molecular weight is 242 g/mol. The van der Waals surface area contributed by atoms with Crippen molar-refractivity contribution in [2.24, 2.45) is 5.92 Å². The van der Waals surface area contributed by atoms with Crippen LogP contribution in [0.15, 0.2) is 12.1 Å². The van der Waals surface area contributed by atoms with E-state index in [-0.39, 0.29) is 10.8 Å². The van der Waals surface area contributed by atoms with Crippen LogP contribution in [0.3, 0.4) is 0 Å². The first-order valence-electron chi connectivity index (χ1n) is 5.82. The molecule has 1 aliphatic rings. The number of nitrogens with one attached hydrogen (secondary N) is 1. The number of halogens is 2. The maximum absolute atomic E-state index is 13.2. The first-order valence-corrected chi connectivity index (χ1v) is 6.20. The molecule has 0 aliphatic carbocycles. The third-order valence-electron chi connectivity index (χ3n) is 3.42. The molecule has 1 heterocycles. The Kier molecular flexibility index (Phi) is 3.82. The van der Waals surface area contributed by atoms with Crippen LogP contribution in [0.4, 0.5) is 4.39 Å². The van der Waals surface area contributed by atoms with Crippen LogP contribution in [0.2, 0.25) is 5.02 Å². The van der Waals surface area contributed by atoms with Gasteiger partial charge in [-0.2, -0.15) is 0 Å². The van der Waals surface area contributed by atoms with Crippen molar-refractivity contribution in [1.29, 1.82) is 0 Å². The van der Waals surface area contributed by atoms with Gasteiger partial charge in [0.15, 0.2) is 0 Å². The Balaban J connectivity index is 2.11. The summed E-state index contributed by atoms with van der Waals surface area (Å²) in [5.74, 6) is 0.398. The quantitative estimate of drug-likeness (QED) is 0.838. The summed E-state index contributed by atoms with van der Waals surface area (Å²) in [4.78, 5) is 0. The lowest BCUT2D eigenvalue weighted by Crippen LogP contribution is -2.28. The molecule has 0 aromatic heterocycles. The molecular weight excluding hydrogens is 225 g/mol. The van der Waals surface area contributed by atoms with Gasteiger partial charge in [0.1, 0.15) is 5.82 Å². The van der Waals surface area contributed by atoms with Crippen LogP contribution in [0.25, 0.3) is 0 Å². The molecule has 0 unspecified atom stereocenters. The second kappa shape index (κ2) is 5.15. The lowest BCUT2D eigenvalue weighted by molar-refractivity contribution is 0.372. The van der Waals surface area contributed by atoms with Gasteiger partial charge in [0.05, 0.1) is 5.02 Å². The van der Waals surface area contributed by atoms with Gasteiger partial charge in [0, 0.05) is 0 Å². The third-order valence-corrected chi connectivity index (χ3v) is 3.88. The van der Waals surface area contributed by atoms with Crippen molar-refractivity contribution >= 4 is 11.6 Å². The molecule has 0 amide bonds. The maximum Gasteiger partial charge on any atom is 0.142 e. The second-order valence-corrected chi connectivity index (χ2v) is 4.92. The zero-order valence-electron chi connectivity index (χ0n) is 9.52. The number of piperidine rings is 1. The van der Waals surface area contributed by atoms with Crippen LogP contribution in [0, 0.1) is 18.7 Å². The van der Waals surface area contributed by atoms with Crippen molar-refractivity contribution in [3.05, 3.63) is 34.1 Å². The minimum atomic E-state index is -0.312. The van der Waals surface area contributed by atoms with E-state index in [2.05, 4.69) is 5.32 Å². The Morgan fingerprint density at radius 3 is 2.75 bits per heavy atom. The highest BCUT2D eigenvalue weighted by molar-refractivity contribution is 6.31. The molecule has 3 heteroatoms. The average Bonchev–Trinajstić information content (AvgIpc) is 2.31. The molecular formula is C13H17ClFN. The van der Waals surface area contributed by atoms with Crippen LogP contribution < -0.4 is 5.32 Å². The smallest absolute Gasteiger partial charge is 0.142 e. The topological polar surface area (TPSA) is 12.0 Å².